The van der Waals surface area contributed by atoms with Gasteiger partial charge in [0.2, 0.25) is 0 Å². The molecule has 0 fully saturated rings. The van der Waals surface area contributed by atoms with E-state index >= 15 is 0 Å². The van der Waals surface area contributed by atoms with E-state index in [9.17, 15) is 4.21 Å². The lowest BCUT2D eigenvalue weighted by Crippen LogP contribution is -2.30. The van der Waals surface area contributed by atoms with Crippen LogP contribution < -0.4 is 5.32 Å². The standard InChI is InChI=1S/C15H33NOS/c1-4-6-8-11-15(12-9-7-5-2)16-13-10-14-18(3)17/h15-16H,4-14H2,1-3H3. The van der Waals surface area contributed by atoms with Gasteiger partial charge >= 0.3 is 0 Å². The van der Waals surface area contributed by atoms with E-state index in [2.05, 4.69) is 19.2 Å². The van der Waals surface area contributed by atoms with Crippen LogP contribution in [0.5, 0.6) is 0 Å². The lowest BCUT2D eigenvalue weighted by atomic mass is 10.0. The van der Waals surface area contributed by atoms with Crippen LogP contribution in [0.3, 0.4) is 0 Å². The maximum absolute atomic E-state index is 11.0. The Morgan fingerprint density at radius 2 is 1.50 bits per heavy atom. The van der Waals surface area contributed by atoms with E-state index in [0.717, 1.165) is 18.7 Å². The molecule has 0 bridgehead atoms. The Morgan fingerprint density at radius 3 is 1.94 bits per heavy atom. The minimum absolute atomic E-state index is 0.634. The first-order chi connectivity index (χ1) is 8.70. The minimum atomic E-state index is -0.634. The molecule has 0 heterocycles. The predicted octanol–water partition coefficient (Wildman–Crippen LogP) is 3.87. The number of hydrogen-bond acceptors (Lipinski definition) is 2. The Balaban J connectivity index is 3.69. The zero-order valence-electron chi connectivity index (χ0n) is 12.7. The quantitative estimate of drug-likeness (QED) is 0.517. The van der Waals surface area contributed by atoms with Crippen LogP contribution in [0, 0.1) is 0 Å². The van der Waals surface area contributed by atoms with Crippen molar-refractivity contribution in [3.63, 3.8) is 0 Å². The Hall–Kier alpha value is 0.110. The van der Waals surface area contributed by atoms with E-state index in [-0.39, 0.29) is 0 Å². The topological polar surface area (TPSA) is 29.1 Å². The molecule has 2 nitrogen and oxygen atoms in total. The molecule has 18 heavy (non-hydrogen) atoms. The van der Waals surface area contributed by atoms with Crippen LogP contribution in [0.1, 0.15) is 71.6 Å². The van der Waals surface area contributed by atoms with Crippen molar-refractivity contribution < 1.29 is 4.21 Å². The molecule has 0 aliphatic heterocycles. The molecule has 0 aromatic rings. The van der Waals surface area contributed by atoms with Crippen LogP contribution in [-0.2, 0) is 10.8 Å². The highest BCUT2D eigenvalue weighted by molar-refractivity contribution is 7.84. The zero-order valence-corrected chi connectivity index (χ0v) is 13.5. The average Bonchev–Trinajstić information content (AvgIpc) is 2.34. The highest BCUT2D eigenvalue weighted by atomic mass is 32.2. The Bertz CT molecular complexity index is 187. The SMILES string of the molecule is CCCCCC(CCCCC)NCCCS(C)=O. The molecule has 0 rings (SSSR count). The molecular formula is C15H33NOS. The summed E-state index contributed by atoms with van der Waals surface area (Å²) in [6, 6.07) is 0.688. The second-order valence-corrected chi connectivity index (χ2v) is 6.83. The van der Waals surface area contributed by atoms with Gasteiger partial charge in [-0.1, -0.05) is 52.4 Å². The monoisotopic (exact) mass is 275 g/mol. The van der Waals surface area contributed by atoms with E-state index in [0.29, 0.717) is 6.04 Å². The normalized spacial score (nSPS) is 13.1. The van der Waals surface area contributed by atoms with Crippen molar-refractivity contribution in [3.05, 3.63) is 0 Å². The van der Waals surface area contributed by atoms with Crippen molar-refractivity contribution >= 4 is 10.8 Å². The van der Waals surface area contributed by atoms with Crippen molar-refractivity contribution in [2.75, 3.05) is 18.6 Å². The number of rotatable bonds is 13. The van der Waals surface area contributed by atoms with Crippen LogP contribution >= 0.6 is 0 Å². The Labute approximate surface area is 117 Å². The van der Waals surface area contributed by atoms with Crippen LogP contribution in [0.25, 0.3) is 0 Å². The summed E-state index contributed by atoms with van der Waals surface area (Å²) >= 11 is 0. The molecule has 1 atom stereocenters. The van der Waals surface area contributed by atoms with Gasteiger partial charge in [0.1, 0.15) is 0 Å². The fourth-order valence-corrected chi connectivity index (χ4v) is 2.76. The summed E-state index contributed by atoms with van der Waals surface area (Å²) in [4.78, 5) is 0. The molecule has 0 aliphatic rings. The number of unbranched alkanes of at least 4 members (excludes halogenated alkanes) is 4. The molecule has 0 saturated carbocycles. The van der Waals surface area contributed by atoms with Gasteiger partial charge in [-0.2, -0.15) is 0 Å². The molecule has 3 heteroatoms. The van der Waals surface area contributed by atoms with Gasteiger partial charge in [-0.15, -0.1) is 0 Å². The molecule has 0 amide bonds. The van der Waals surface area contributed by atoms with Crippen molar-refractivity contribution in [2.45, 2.75) is 77.7 Å². The summed E-state index contributed by atoms with van der Waals surface area (Å²) < 4.78 is 11.0. The summed E-state index contributed by atoms with van der Waals surface area (Å²) in [6.45, 7) is 5.55. The zero-order chi connectivity index (χ0) is 13.6. The Morgan fingerprint density at radius 1 is 0.944 bits per heavy atom. The third kappa shape index (κ3) is 12.6. The van der Waals surface area contributed by atoms with Crippen molar-refractivity contribution in [2.24, 2.45) is 0 Å². The first-order valence-corrected chi connectivity index (χ1v) is 9.46. The summed E-state index contributed by atoms with van der Waals surface area (Å²) in [7, 11) is -0.634. The van der Waals surface area contributed by atoms with Crippen LogP contribution in [0.4, 0.5) is 0 Å². The van der Waals surface area contributed by atoms with Gasteiger partial charge in [-0.3, -0.25) is 4.21 Å². The first-order valence-electron chi connectivity index (χ1n) is 7.74. The summed E-state index contributed by atoms with van der Waals surface area (Å²) in [6.07, 6.45) is 13.5. The van der Waals surface area contributed by atoms with Crippen molar-refractivity contribution in [1.82, 2.24) is 5.32 Å². The molecule has 0 radical (unpaired) electrons. The van der Waals surface area contributed by atoms with E-state index in [4.69, 9.17) is 0 Å². The predicted molar refractivity (Wildman–Crippen MR) is 83.6 cm³/mol. The highest BCUT2D eigenvalue weighted by Crippen LogP contribution is 2.11. The maximum Gasteiger partial charge on any atom is 0.0244 e. The fourth-order valence-electron chi connectivity index (χ4n) is 2.21. The number of nitrogens with one attached hydrogen (secondary N) is 1. The fraction of sp³-hybridized carbons (Fsp3) is 1.00. The average molecular weight is 276 g/mol. The van der Waals surface area contributed by atoms with Gasteiger partial charge < -0.3 is 5.32 Å². The van der Waals surface area contributed by atoms with Crippen molar-refractivity contribution in [1.29, 1.82) is 0 Å². The molecular weight excluding hydrogens is 242 g/mol. The van der Waals surface area contributed by atoms with Gasteiger partial charge in [-0.05, 0) is 25.8 Å². The summed E-state index contributed by atoms with van der Waals surface area (Å²) in [5, 5.41) is 3.66. The molecule has 0 spiro atoms. The second kappa shape index (κ2) is 13.5. The molecule has 1 unspecified atom stereocenters. The maximum atomic E-state index is 11.0. The second-order valence-electron chi connectivity index (χ2n) is 5.27. The van der Waals surface area contributed by atoms with Crippen molar-refractivity contribution in [3.8, 4) is 0 Å². The molecule has 110 valence electrons. The molecule has 1 N–H and O–H groups in total. The van der Waals surface area contributed by atoms with E-state index < -0.39 is 10.8 Å². The molecule has 0 saturated heterocycles. The van der Waals surface area contributed by atoms with E-state index in [1.165, 1.54) is 51.4 Å². The van der Waals surface area contributed by atoms with Gasteiger partial charge in [0.05, 0.1) is 0 Å². The van der Waals surface area contributed by atoms with E-state index in [1.54, 1.807) is 6.26 Å². The third-order valence-corrected chi connectivity index (χ3v) is 4.22. The lowest BCUT2D eigenvalue weighted by Gasteiger charge is -2.18. The molecule has 0 aliphatic carbocycles. The van der Waals surface area contributed by atoms with Crippen LogP contribution in [-0.4, -0.2) is 28.8 Å². The first kappa shape index (κ1) is 18.1. The van der Waals surface area contributed by atoms with Crippen LogP contribution in [0.15, 0.2) is 0 Å². The van der Waals surface area contributed by atoms with Gasteiger partial charge in [0.15, 0.2) is 0 Å². The number of hydrogen-bond donors (Lipinski definition) is 1. The van der Waals surface area contributed by atoms with Gasteiger partial charge in [-0.25, -0.2) is 0 Å². The molecule has 0 aromatic carbocycles. The summed E-state index contributed by atoms with van der Waals surface area (Å²) in [5.41, 5.74) is 0. The Kier molecular flexibility index (Phi) is 13.6. The highest BCUT2D eigenvalue weighted by Gasteiger charge is 2.07. The van der Waals surface area contributed by atoms with Gasteiger partial charge in [0.25, 0.3) is 0 Å². The summed E-state index contributed by atoms with van der Waals surface area (Å²) in [5.74, 6) is 0.837. The smallest absolute Gasteiger partial charge is 0.0244 e. The van der Waals surface area contributed by atoms with Gasteiger partial charge in [0, 0.05) is 28.9 Å². The van der Waals surface area contributed by atoms with E-state index in [1.807, 2.05) is 0 Å². The lowest BCUT2D eigenvalue weighted by molar-refractivity contribution is 0.420. The minimum Gasteiger partial charge on any atom is -0.314 e. The van der Waals surface area contributed by atoms with Crippen LogP contribution in [0.2, 0.25) is 0 Å². The largest absolute Gasteiger partial charge is 0.314 e. The third-order valence-electron chi connectivity index (χ3n) is 3.35. The molecule has 0 aromatic heterocycles.